The number of pyridine rings is 1. The molecule has 0 aliphatic heterocycles. The first kappa shape index (κ1) is 11.2. The van der Waals surface area contributed by atoms with E-state index in [4.69, 9.17) is 5.73 Å². The maximum Gasteiger partial charge on any atom is 0.146 e. The van der Waals surface area contributed by atoms with Gasteiger partial charge in [0.1, 0.15) is 5.82 Å². The average Bonchev–Trinajstić information content (AvgIpc) is 2.27. The molecule has 3 N–H and O–H groups in total. The Labute approximate surface area is 97.5 Å². The van der Waals surface area contributed by atoms with Crippen molar-refractivity contribution in [1.82, 2.24) is 4.98 Å². The lowest BCUT2D eigenvalue weighted by Crippen LogP contribution is -2.30. The Morgan fingerprint density at radius 2 is 2.12 bits per heavy atom. The number of hydrogen-bond acceptors (Lipinski definition) is 3. The molecule has 1 aliphatic rings. The first-order valence-corrected chi connectivity index (χ1v) is 6.14. The number of rotatable bonds is 2. The Kier molecular flexibility index (Phi) is 3.32. The summed E-state index contributed by atoms with van der Waals surface area (Å²) >= 11 is 0. The molecule has 1 fully saturated rings. The predicted octanol–water partition coefficient (Wildman–Crippen LogP) is 2.90. The molecule has 0 radical (unpaired) electrons. The molecule has 1 aromatic heterocycles. The van der Waals surface area contributed by atoms with E-state index in [2.05, 4.69) is 24.1 Å². The van der Waals surface area contributed by atoms with Gasteiger partial charge in [-0.05, 0) is 43.2 Å². The third-order valence-electron chi connectivity index (χ3n) is 3.80. The van der Waals surface area contributed by atoms with E-state index in [9.17, 15) is 0 Å². The molecule has 0 aromatic carbocycles. The first-order chi connectivity index (χ1) is 7.66. The van der Waals surface area contributed by atoms with Gasteiger partial charge in [0.25, 0.3) is 0 Å². The lowest BCUT2D eigenvalue weighted by Gasteiger charge is -2.33. The summed E-state index contributed by atoms with van der Waals surface area (Å²) in [6, 6.07) is 4.48. The van der Waals surface area contributed by atoms with Crippen LogP contribution in [0.5, 0.6) is 0 Å². The highest BCUT2D eigenvalue weighted by molar-refractivity contribution is 5.61. The van der Waals surface area contributed by atoms with Crippen molar-refractivity contribution >= 4 is 11.5 Å². The molecule has 1 aliphatic carbocycles. The van der Waals surface area contributed by atoms with Gasteiger partial charge >= 0.3 is 0 Å². The Hall–Kier alpha value is -1.25. The van der Waals surface area contributed by atoms with Gasteiger partial charge in [0.2, 0.25) is 0 Å². The summed E-state index contributed by atoms with van der Waals surface area (Å²) in [5.74, 6) is 2.25. The molecule has 1 aromatic rings. The summed E-state index contributed by atoms with van der Waals surface area (Å²) in [5, 5.41) is 3.51. The highest BCUT2D eigenvalue weighted by atomic mass is 15.0. The third kappa shape index (κ3) is 2.46. The molecule has 0 saturated heterocycles. The molecule has 88 valence electrons. The van der Waals surface area contributed by atoms with Gasteiger partial charge in [-0.1, -0.05) is 13.8 Å². The predicted molar refractivity (Wildman–Crippen MR) is 68.2 cm³/mol. The van der Waals surface area contributed by atoms with E-state index in [1.807, 2.05) is 12.1 Å². The highest BCUT2D eigenvalue weighted by Crippen LogP contribution is 2.31. The second-order valence-electron chi connectivity index (χ2n) is 5.05. The molecule has 0 bridgehead atoms. The number of anilines is 2. The van der Waals surface area contributed by atoms with Crippen LogP contribution in [0.4, 0.5) is 11.5 Å². The van der Waals surface area contributed by atoms with Crippen molar-refractivity contribution in [3.05, 3.63) is 18.3 Å². The molecule has 0 amide bonds. The number of aromatic nitrogens is 1. The van der Waals surface area contributed by atoms with Crippen molar-refractivity contribution in [2.24, 2.45) is 11.8 Å². The fraction of sp³-hybridized carbons (Fsp3) is 0.615. The van der Waals surface area contributed by atoms with Crippen LogP contribution in [-0.2, 0) is 0 Å². The van der Waals surface area contributed by atoms with Crippen LogP contribution in [0.25, 0.3) is 0 Å². The van der Waals surface area contributed by atoms with Gasteiger partial charge in [-0.25, -0.2) is 4.98 Å². The first-order valence-electron chi connectivity index (χ1n) is 6.14. The standard InChI is InChI=1S/C13H21N3/c1-9-5-6-11(8-10(9)2)16-12-4-3-7-15-13(12)14/h3-4,7,9-11,16H,5-6,8H2,1-2H3,(H2,14,15). The van der Waals surface area contributed by atoms with Gasteiger partial charge in [0, 0.05) is 12.2 Å². The van der Waals surface area contributed by atoms with Crippen LogP contribution in [0, 0.1) is 11.8 Å². The number of nitrogens with zero attached hydrogens (tertiary/aromatic N) is 1. The van der Waals surface area contributed by atoms with E-state index in [0.29, 0.717) is 11.9 Å². The van der Waals surface area contributed by atoms with Gasteiger partial charge in [-0.3, -0.25) is 0 Å². The molecule has 3 heteroatoms. The lowest BCUT2D eigenvalue weighted by molar-refractivity contribution is 0.261. The van der Waals surface area contributed by atoms with Crippen molar-refractivity contribution in [1.29, 1.82) is 0 Å². The summed E-state index contributed by atoms with van der Waals surface area (Å²) in [6.45, 7) is 4.68. The van der Waals surface area contributed by atoms with Crippen LogP contribution >= 0.6 is 0 Å². The fourth-order valence-electron chi connectivity index (χ4n) is 2.44. The molecule has 3 nitrogen and oxygen atoms in total. The zero-order valence-electron chi connectivity index (χ0n) is 10.1. The number of nitrogens with one attached hydrogen (secondary N) is 1. The Morgan fingerprint density at radius 3 is 2.81 bits per heavy atom. The Morgan fingerprint density at radius 1 is 1.31 bits per heavy atom. The smallest absolute Gasteiger partial charge is 0.146 e. The summed E-state index contributed by atoms with van der Waals surface area (Å²) in [6.07, 6.45) is 5.50. The zero-order valence-corrected chi connectivity index (χ0v) is 10.1. The van der Waals surface area contributed by atoms with Gasteiger partial charge in [0.05, 0.1) is 5.69 Å². The van der Waals surface area contributed by atoms with Crippen LogP contribution < -0.4 is 11.1 Å². The minimum atomic E-state index is 0.553. The molecule has 1 saturated carbocycles. The summed E-state index contributed by atoms with van der Waals surface area (Å²) in [7, 11) is 0. The van der Waals surface area contributed by atoms with E-state index in [1.165, 1.54) is 19.3 Å². The summed E-state index contributed by atoms with van der Waals surface area (Å²) in [4.78, 5) is 4.09. The van der Waals surface area contributed by atoms with Crippen molar-refractivity contribution in [2.45, 2.75) is 39.2 Å². The second-order valence-corrected chi connectivity index (χ2v) is 5.05. The van der Waals surface area contributed by atoms with Crippen LogP contribution in [0.15, 0.2) is 18.3 Å². The highest BCUT2D eigenvalue weighted by Gasteiger charge is 2.24. The Bertz CT molecular complexity index is 351. The molecule has 2 rings (SSSR count). The maximum absolute atomic E-state index is 5.83. The number of nitrogens with two attached hydrogens (primary N) is 1. The number of hydrogen-bond donors (Lipinski definition) is 2. The van der Waals surface area contributed by atoms with Crippen molar-refractivity contribution in [2.75, 3.05) is 11.1 Å². The zero-order chi connectivity index (χ0) is 11.5. The molecular formula is C13H21N3. The van der Waals surface area contributed by atoms with Crippen molar-refractivity contribution in [3.63, 3.8) is 0 Å². The summed E-state index contributed by atoms with van der Waals surface area (Å²) in [5.41, 5.74) is 6.81. The van der Waals surface area contributed by atoms with Crippen LogP contribution in [-0.4, -0.2) is 11.0 Å². The van der Waals surface area contributed by atoms with E-state index >= 15 is 0 Å². The van der Waals surface area contributed by atoms with E-state index in [0.717, 1.165) is 17.5 Å². The minimum absolute atomic E-state index is 0.553. The Balaban J connectivity index is 1.98. The fourth-order valence-corrected chi connectivity index (χ4v) is 2.44. The third-order valence-corrected chi connectivity index (χ3v) is 3.80. The molecule has 16 heavy (non-hydrogen) atoms. The normalized spacial score (nSPS) is 30.0. The molecule has 1 heterocycles. The van der Waals surface area contributed by atoms with E-state index < -0.39 is 0 Å². The quantitative estimate of drug-likeness (QED) is 0.804. The van der Waals surface area contributed by atoms with Crippen LogP contribution in [0.2, 0.25) is 0 Å². The molecule has 3 atom stereocenters. The maximum atomic E-state index is 5.83. The van der Waals surface area contributed by atoms with Gasteiger partial charge < -0.3 is 11.1 Å². The monoisotopic (exact) mass is 219 g/mol. The van der Waals surface area contributed by atoms with Gasteiger partial charge in [-0.2, -0.15) is 0 Å². The second kappa shape index (κ2) is 4.73. The van der Waals surface area contributed by atoms with Crippen molar-refractivity contribution in [3.8, 4) is 0 Å². The van der Waals surface area contributed by atoms with Gasteiger partial charge in [-0.15, -0.1) is 0 Å². The number of nitrogen functional groups attached to an aromatic ring is 1. The lowest BCUT2D eigenvalue weighted by atomic mass is 9.79. The molecule has 0 spiro atoms. The van der Waals surface area contributed by atoms with Crippen molar-refractivity contribution < 1.29 is 0 Å². The van der Waals surface area contributed by atoms with Crippen LogP contribution in [0.1, 0.15) is 33.1 Å². The molecular weight excluding hydrogens is 198 g/mol. The molecule has 3 unspecified atom stereocenters. The largest absolute Gasteiger partial charge is 0.382 e. The van der Waals surface area contributed by atoms with Crippen LogP contribution in [0.3, 0.4) is 0 Å². The van der Waals surface area contributed by atoms with Gasteiger partial charge in [0.15, 0.2) is 0 Å². The topological polar surface area (TPSA) is 50.9 Å². The SMILES string of the molecule is CC1CCC(Nc2cccnc2N)CC1C. The average molecular weight is 219 g/mol. The van der Waals surface area contributed by atoms with E-state index in [1.54, 1.807) is 6.20 Å². The summed E-state index contributed by atoms with van der Waals surface area (Å²) < 4.78 is 0. The minimum Gasteiger partial charge on any atom is -0.382 e. The van der Waals surface area contributed by atoms with E-state index in [-0.39, 0.29) is 0 Å².